The number of hydrogen-bond acceptors (Lipinski definition) is 4. The highest BCUT2D eigenvalue weighted by Gasteiger charge is 2.26. The fraction of sp³-hybridized carbons (Fsp3) is 0.562. The van der Waals surface area contributed by atoms with E-state index in [2.05, 4.69) is 0 Å². The zero-order valence-corrected chi connectivity index (χ0v) is 13.3. The minimum atomic E-state index is 0.0999. The first kappa shape index (κ1) is 15.4. The van der Waals surface area contributed by atoms with Crippen molar-refractivity contribution in [3.63, 3.8) is 0 Å². The molecule has 1 fully saturated rings. The summed E-state index contributed by atoms with van der Waals surface area (Å²) in [7, 11) is 0. The Morgan fingerprint density at radius 3 is 2.95 bits per heavy atom. The van der Waals surface area contributed by atoms with Gasteiger partial charge in [0.1, 0.15) is 13.2 Å². The highest BCUT2D eigenvalue weighted by Crippen LogP contribution is 2.38. The first-order chi connectivity index (χ1) is 10.7. The number of likely N-dealkylation sites (tertiary alicyclic amines) is 1. The molecule has 1 unspecified atom stereocenters. The molecule has 3 rings (SSSR count). The molecule has 1 saturated heterocycles. The van der Waals surface area contributed by atoms with Crippen LogP contribution in [0.3, 0.4) is 0 Å². The Kier molecular flexibility index (Phi) is 4.74. The van der Waals surface area contributed by atoms with Gasteiger partial charge < -0.3 is 20.1 Å². The molecule has 2 aliphatic heterocycles. The molecule has 2 aliphatic rings. The van der Waals surface area contributed by atoms with Gasteiger partial charge in [-0.3, -0.25) is 4.79 Å². The van der Waals surface area contributed by atoms with E-state index in [1.807, 2.05) is 11.0 Å². The van der Waals surface area contributed by atoms with Crippen molar-refractivity contribution in [1.82, 2.24) is 4.90 Å². The molecule has 5 nitrogen and oxygen atoms in total. The number of amides is 1. The van der Waals surface area contributed by atoms with Crippen molar-refractivity contribution in [2.45, 2.75) is 31.7 Å². The van der Waals surface area contributed by atoms with Crippen molar-refractivity contribution in [2.24, 2.45) is 5.73 Å². The lowest BCUT2D eigenvalue weighted by molar-refractivity contribution is -0.133. The van der Waals surface area contributed by atoms with Crippen LogP contribution in [0, 0.1) is 0 Å². The third-order valence-corrected chi connectivity index (χ3v) is 4.51. The van der Waals surface area contributed by atoms with E-state index in [0.29, 0.717) is 42.7 Å². The maximum Gasteiger partial charge on any atom is 0.227 e. The van der Waals surface area contributed by atoms with Gasteiger partial charge in [0.25, 0.3) is 0 Å². The van der Waals surface area contributed by atoms with Gasteiger partial charge in [0.05, 0.1) is 11.4 Å². The summed E-state index contributed by atoms with van der Waals surface area (Å²) < 4.78 is 11.1. The third kappa shape index (κ3) is 3.15. The molecular weight excluding hydrogens is 304 g/mol. The van der Waals surface area contributed by atoms with Crippen LogP contribution in [-0.4, -0.2) is 43.2 Å². The molecule has 2 N–H and O–H groups in total. The second kappa shape index (κ2) is 6.75. The molecule has 2 heterocycles. The fourth-order valence-corrected chi connectivity index (χ4v) is 3.40. The largest absolute Gasteiger partial charge is 0.486 e. The molecule has 6 heteroatoms. The molecule has 0 aliphatic carbocycles. The fourth-order valence-electron chi connectivity index (χ4n) is 3.12. The summed E-state index contributed by atoms with van der Waals surface area (Å²) in [4.78, 5) is 14.5. The zero-order valence-electron chi connectivity index (χ0n) is 12.5. The van der Waals surface area contributed by atoms with Crippen molar-refractivity contribution in [3.8, 4) is 11.5 Å². The van der Waals surface area contributed by atoms with Crippen molar-refractivity contribution in [1.29, 1.82) is 0 Å². The lowest BCUT2D eigenvalue weighted by Gasteiger charge is -2.35. The third-order valence-electron chi connectivity index (χ3n) is 4.23. The standard InChI is InChI=1S/C16H21ClN2O3/c17-13-7-11(8-14-16(13)22-6-5-21-14)9-15(20)19-4-2-1-3-12(19)10-18/h7-8,12H,1-6,9-10,18H2. The van der Waals surface area contributed by atoms with E-state index in [4.69, 9.17) is 26.8 Å². The van der Waals surface area contributed by atoms with Gasteiger partial charge in [0.15, 0.2) is 11.5 Å². The topological polar surface area (TPSA) is 64.8 Å². The Hall–Kier alpha value is -1.46. The summed E-state index contributed by atoms with van der Waals surface area (Å²) in [6.07, 6.45) is 3.49. The quantitative estimate of drug-likeness (QED) is 0.923. The van der Waals surface area contributed by atoms with E-state index in [0.717, 1.165) is 31.4 Å². The van der Waals surface area contributed by atoms with Crippen LogP contribution in [0.25, 0.3) is 0 Å². The molecule has 1 amide bonds. The normalized spacial score (nSPS) is 20.8. The molecule has 0 bridgehead atoms. The van der Waals surface area contributed by atoms with E-state index in [-0.39, 0.29) is 11.9 Å². The Balaban J connectivity index is 1.75. The van der Waals surface area contributed by atoms with E-state index in [1.54, 1.807) is 6.07 Å². The number of fused-ring (bicyclic) bond motifs is 1. The molecular formula is C16H21ClN2O3. The number of halogens is 1. The second-order valence-electron chi connectivity index (χ2n) is 5.75. The average Bonchev–Trinajstić information content (AvgIpc) is 2.55. The van der Waals surface area contributed by atoms with Gasteiger partial charge in [-0.1, -0.05) is 11.6 Å². The molecule has 0 spiro atoms. The van der Waals surface area contributed by atoms with Crippen molar-refractivity contribution < 1.29 is 14.3 Å². The van der Waals surface area contributed by atoms with Gasteiger partial charge in [-0.15, -0.1) is 0 Å². The monoisotopic (exact) mass is 324 g/mol. The van der Waals surface area contributed by atoms with E-state index < -0.39 is 0 Å². The molecule has 120 valence electrons. The number of piperidine rings is 1. The number of carbonyl (C=O) groups excluding carboxylic acids is 1. The van der Waals surface area contributed by atoms with Crippen LogP contribution in [0.15, 0.2) is 12.1 Å². The van der Waals surface area contributed by atoms with Gasteiger partial charge in [-0.25, -0.2) is 0 Å². The number of hydrogen-bond donors (Lipinski definition) is 1. The maximum atomic E-state index is 12.6. The average molecular weight is 325 g/mol. The number of carbonyl (C=O) groups is 1. The highest BCUT2D eigenvalue weighted by atomic mass is 35.5. The van der Waals surface area contributed by atoms with Crippen LogP contribution < -0.4 is 15.2 Å². The zero-order chi connectivity index (χ0) is 15.5. The van der Waals surface area contributed by atoms with Crippen LogP contribution in [-0.2, 0) is 11.2 Å². The molecule has 0 aromatic heterocycles. The number of benzene rings is 1. The molecule has 1 atom stereocenters. The van der Waals surface area contributed by atoms with Crippen LogP contribution in [0.4, 0.5) is 0 Å². The molecule has 22 heavy (non-hydrogen) atoms. The second-order valence-corrected chi connectivity index (χ2v) is 6.16. The number of ether oxygens (including phenoxy) is 2. The molecule has 0 radical (unpaired) electrons. The van der Waals surface area contributed by atoms with Gasteiger partial charge in [0.2, 0.25) is 5.91 Å². The van der Waals surface area contributed by atoms with Crippen LogP contribution >= 0.6 is 11.6 Å². The minimum absolute atomic E-state index is 0.0999. The maximum absolute atomic E-state index is 12.6. The first-order valence-corrected chi connectivity index (χ1v) is 8.14. The highest BCUT2D eigenvalue weighted by molar-refractivity contribution is 6.32. The summed E-state index contributed by atoms with van der Waals surface area (Å²) in [5, 5.41) is 0.494. The number of rotatable bonds is 3. The summed E-state index contributed by atoms with van der Waals surface area (Å²) in [6.45, 7) is 2.31. The molecule has 0 saturated carbocycles. The van der Waals surface area contributed by atoms with Crippen LogP contribution in [0.5, 0.6) is 11.5 Å². The van der Waals surface area contributed by atoms with Crippen molar-refractivity contribution in [3.05, 3.63) is 22.7 Å². The minimum Gasteiger partial charge on any atom is -0.486 e. The first-order valence-electron chi connectivity index (χ1n) is 7.76. The van der Waals surface area contributed by atoms with Crippen LogP contribution in [0.1, 0.15) is 24.8 Å². The molecule has 1 aromatic rings. The van der Waals surface area contributed by atoms with E-state index in [9.17, 15) is 4.79 Å². The van der Waals surface area contributed by atoms with E-state index >= 15 is 0 Å². The predicted octanol–water partition coefficient (Wildman–Crippen LogP) is 1.99. The predicted molar refractivity (Wildman–Crippen MR) is 84.6 cm³/mol. The lowest BCUT2D eigenvalue weighted by atomic mass is 10.0. The molecule has 1 aromatic carbocycles. The summed E-state index contributed by atoms with van der Waals surface area (Å²) in [5.74, 6) is 1.29. The Morgan fingerprint density at radius 2 is 2.14 bits per heavy atom. The van der Waals surface area contributed by atoms with Gasteiger partial charge in [0, 0.05) is 19.1 Å². The summed E-state index contributed by atoms with van der Waals surface area (Å²) in [6, 6.07) is 3.79. The van der Waals surface area contributed by atoms with Crippen molar-refractivity contribution >= 4 is 17.5 Å². The SMILES string of the molecule is NCC1CCCCN1C(=O)Cc1cc(Cl)c2c(c1)OCCO2. The van der Waals surface area contributed by atoms with Crippen LogP contribution in [0.2, 0.25) is 5.02 Å². The van der Waals surface area contributed by atoms with Gasteiger partial charge >= 0.3 is 0 Å². The Bertz CT molecular complexity index is 565. The summed E-state index contributed by atoms with van der Waals surface area (Å²) in [5.41, 5.74) is 6.64. The Labute approximate surface area is 135 Å². The number of nitrogens with two attached hydrogens (primary N) is 1. The summed E-state index contributed by atoms with van der Waals surface area (Å²) >= 11 is 6.22. The van der Waals surface area contributed by atoms with Crippen molar-refractivity contribution in [2.75, 3.05) is 26.3 Å². The number of nitrogens with zero attached hydrogens (tertiary/aromatic N) is 1. The lowest BCUT2D eigenvalue weighted by Crippen LogP contribution is -2.48. The van der Waals surface area contributed by atoms with E-state index in [1.165, 1.54) is 0 Å². The van der Waals surface area contributed by atoms with Gasteiger partial charge in [-0.05, 0) is 37.0 Å². The van der Waals surface area contributed by atoms with Gasteiger partial charge in [-0.2, -0.15) is 0 Å². The smallest absolute Gasteiger partial charge is 0.227 e. The Morgan fingerprint density at radius 1 is 1.32 bits per heavy atom.